The van der Waals surface area contributed by atoms with Crippen molar-refractivity contribution in [1.29, 1.82) is 0 Å². The normalized spacial score (nSPS) is 19.4. The van der Waals surface area contributed by atoms with Gasteiger partial charge >= 0.3 is 5.97 Å². The molecule has 1 N–H and O–H groups in total. The fraction of sp³-hybridized carbons (Fsp3) is 0.550. The molecule has 0 aliphatic heterocycles. The Morgan fingerprint density at radius 3 is 2.50 bits per heavy atom. The van der Waals surface area contributed by atoms with Gasteiger partial charge in [-0.25, -0.2) is 4.79 Å². The molecular formula is C20H25NO3. The number of hydrogen-bond acceptors (Lipinski definition) is 3. The van der Waals surface area contributed by atoms with Gasteiger partial charge < -0.3 is 5.11 Å². The van der Waals surface area contributed by atoms with Gasteiger partial charge in [-0.2, -0.15) is 0 Å². The quantitative estimate of drug-likeness (QED) is 0.879. The molecule has 0 bridgehead atoms. The number of allylic oxidation sites excluding steroid dienone is 2. The highest BCUT2D eigenvalue weighted by molar-refractivity contribution is 6.08. The summed E-state index contributed by atoms with van der Waals surface area (Å²) in [6.07, 6.45) is 6.06. The van der Waals surface area contributed by atoms with Gasteiger partial charge in [0.05, 0.1) is 17.0 Å². The maximum atomic E-state index is 12.9. The molecule has 2 aliphatic carbocycles. The number of rotatable bonds is 3. The third-order valence-electron chi connectivity index (χ3n) is 4.99. The molecule has 4 nitrogen and oxygen atoms in total. The van der Waals surface area contributed by atoms with E-state index >= 15 is 0 Å². The van der Waals surface area contributed by atoms with Crippen LogP contribution >= 0.6 is 0 Å². The summed E-state index contributed by atoms with van der Waals surface area (Å²) in [6, 6.07) is 0. The highest BCUT2D eigenvalue weighted by atomic mass is 16.4. The van der Waals surface area contributed by atoms with Crippen molar-refractivity contribution in [3.63, 3.8) is 0 Å². The first-order valence-electron chi connectivity index (χ1n) is 8.74. The van der Waals surface area contributed by atoms with E-state index in [1.807, 2.05) is 13.8 Å². The molecule has 1 aromatic rings. The second kappa shape index (κ2) is 5.83. The summed E-state index contributed by atoms with van der Waals surface area (Å²) in [5.74, 6) is -0.939. The second-order valence-corrected chi connectivity index (χ2v) is 8.09. The molecule has 0 radical (unpaired) electrons. The maximum Gasteiger partial charge on any atom is 0.338 e. The van der Waals surface area contributed by atoms with E-state index in [0.29, 0.717) is 29.7 Å². The third-order valence-corrected chi connectivity index (χ3v) is 4.99. The summed E-state index contributed by atoms with van der Waals surface area (Å²) in [5, 5.41) is 9.87. The molecule has 1 aromatic heterocycles. The number of carbonyl (C=O) groups is 2. The van der Waals surface area contributed by atoms with Crippen LogP contribution in [0.5, 0.6) is 0 Å². The highest BCUT2D eigenvalue weighted by Gasteiger charge is 2.37. The summed E-state index contributed by atoms with van der Waals surface area (Å²) in [6.45, 7) is 8.07. The molecule has 0 saturated heterocycles. The first-order valence-corrected chi connectivity index (χ1v) is 8.74. The molecule has 0 saturated carbocycles. The molecule has 24 heavy (non-hydrogen) atoms. The predicted octanol–water partition coefficient (Wildman–Crippen LogP) is 4.63. The first kappa shape index (κ1) is 16.9. The van der Waals surface area contributed by atoms with E-state index in [1.54, 1.807) is 0 Å². The molecule has 0 atom stereocenters. The SMILES string of the molecule is CC(C)c1nc2c(c(C3=CCCC3)c1C(=O)O)C(=O)CC(C)(C)C2. The van der Waals surface area contributed by atoms with Gasteiger partial charge in [0.1, 0.15) is 0 Å². The Balaban J connectivity index is 2.37. The van der Waals surface area contributed by atoms with Crippen molar-refractivity contribution in [2.75, 3.05) is 0 Å². The summed E-state index contributed by atoms with van der Waals surface area (Å²) in [7, 11) is 0. The maximum absolute atomic E-state index is 12.9. The van der Waals surface area contributed by atoms with Gasteiger partial charge in [0.25, 0.3) is 0 Å². The molecule has 1 heterocycles. The van der Waals surface area contributed by atoms with Crippen molar-refractivity contribution in [3.05, 3.63) is 34.2 Å². The van der Waals surface area contributed by atoms with Gasteiger partial charge in [-0.3, -0.25) is 9.78 Å². The lowest BCUT2D eigenvalue weighted by Crippen LogP contribution is -2.31. The van der Waals surface area contributed by atoms with Crippen LogP contribution in [0.2, 0.25) is 0 Å². The van der Waals surface area contributed by atoms with Gasteiger partial charge in [0.2, 0.25) is 0 Å². The van der Waals surface area contributed by atoms with Crippen LogP contribution in [0, 0.1) is 5.41 Å². The summed E-state index contributed by atoms with van der Waals surface area (Å²) >= 11 is 0. The minimum absolute atomic E-state index is 0.00212. The first-order chi connectivity index (χ1) is 11.2. The third kappa shape index (κ3) is 2.79. The van der Waals surface area contributed by atoms with Crippen molar-refractivity contribution in [3.8, 4) is 0 Å². The van der Waals surface area contributed by atoms with E-state index in [-0.39, 0.29) is 22.7 Å². The summed E-state index contributed by atoms with van der Waals surface area (Å²) in [5.41, 5.74) is 3.75. The lowest BCUT2D eigenvalue weighted by Gasteiger charge is -2.32. The van der Waals surface area contributed by atoms with E-state index < -0.39 is 5.97 Å². The molecule has 0 amide bonds. The van der Waals surface area contributed by atoms with Crippen LogP contribution in [0.4, 0.5) is 0 Å². The topological polar surface area (TPSA) is 67.3 Å². The molecule has 3 rings (SSSR count). The Kier molecular flexibility index (Phi) is 4.10. The zero-order valence-corrected chi connectivity index (χ0v) is 14.9. The van der Waals surface area contributed by atoms with Gasteiger partial charge in [-0.05, 0) is 42.6 Å². The van der Waals surface area contributed by atoms with Gasteiger partial charge in [-0.1, -0.05) is 33.8 Å². The number of hydrogen-bond donors (Lipinski definition) is 1. The Morgan fingerprint density at radius 2 is 1.96 bits per heavy atom. The minimum Gasteiger partial charge on any atom is -0.478 e. The van der Waals surface area contributed by atoms with E-state index in [4.69, 9.17) is 0 Å². The number of carboxylic acid groups (broad SMARTS) is 1. The number of aromatic carboxylic acids is 1. The summed E-state index contributed by atoms with van der Waals surface area (Å²) < 4.78 is 0. The van der Waals surface area contributed by atoms with E-state index in [2.05, 4.69) is 24.9 Å². The standard InChI is InChI=1S/C20H25NO3/c1-11(2)18-17(19(23)24)15(12-7-5-6-8-12)16-13(21-18)9-20(3,4)10-14(16)22/h7,11H,5-6,8-10H2,1-4H3,(H,23,24). The monoisotopic (exact) mass is 327 g/mol. The molecule has 0 aromatic carbocycles. The van der Waals surface area contributed by atoms with Gasteiger partial charge in [0, 0.05) is 17.5 Å². The largest absolute Gasteiger partial charge is 0.478 e. The fourth-order valence-electron chi connectivity index (χ4n) is 3.97. The van der Waals surface area contributed by atoms with Crippen molar-refractivity contribution in [1.82, 2.24) is 4.98 Å². The van der Waals surface area contributed by atoms with Crippen LogP contribution < -0.4 is 0 Å². The lowest BCUT2D eigenvalue weighted by molar-refractivity contribution is 0.0694. The fourth-order valence-corrected chi connectivity index (χ4v) is 3.97. The number of nitrogens with zero attached hydrogens (tertiary/aromatic N) is 1. The number of Topliss-reactive ketones (excluding diaryl/α,β-unsaturated/α-hetero) is 1. The molecular weight excluding hydrogens is 302 g/mol. The molecule has 4 heteroatoms. The Bertz CT molecular complexity index is 757. The van der Waals surface area contributed by atoms with Crippen LogP contribution in [0.1, 0.15) is 97.0 Å². The number of fused-ring (bicyclic) bond motifs is 1. The number of aromatic nitrogens is 1. The van der Waals surface area contributed by atoms with Crippen LogP contribution in [-0.4, -0.2) is 21.8 Å². The Labute approximate surface area is 143 Å². The summed E-state index contributed by atoms with van der Waals surface area (Å²) in [4.78, 5) is 29.6. The zero-order valence-electron chi connectivity index (χ0n) is 14.9. The van der Waals surface area contributed by atoms with E-state index in [9.17, 15) is 14.7 Å². The molecule has 0 spiro atoms. The van der Waals surface area contributed by atoms with Crippen LogP contribution in [0.15, 0.2) is 6.08 Å². The average Bonchev–Trinajstić information content (AvgIpc) is 2.97. The van der Waals surface area contributed by atoms with E-state index in [0.717, 1.165) is 30.5 Å². The minimum atomic E-state index is -0.977. The number of carboxylic acids is 1. The number of ketones is 1. The van der Waals surface area contributed by atoms with Crippen LogP contribution in [-0.2, 0) is 6.42 Å². The molecule has 0 fully saturated rings. The average molecular weight is 327 g/mol. The van der Waals surface area contributed by atoms with Gasteiger partial charge in [-0.15, -0.1) is 0 Å². The van der Waals surface area contributed by atoms with E-state index in [1.165, 1.54) is 0 Å². The smallest absolute Gasteiger partial charge is 0.338 e. The lowest BCUT2D eigenvalue weighted by atomic mass is 9.72. The predicted molar refractivity (Wildman–Crippen MR) is 93.5 cm³/mol. The molecule has 0 unspecified atom stereocenters. The molecule has 128 valence electrons. The van der Waals surface area contributed by atoms with Crippen molar-refractivity contribution in [2.45, 2.75) is 65.7 Å². The van der Waals surface area contributed by atoms with Gasteiger partial charge in [0.15, 0.2) is 5.78 Å². The number of pyridine rings is 1. The molecule has 2 aliphatic rings. The van der Waals surface area contributed by atoms with Crippen molar-refractivity contribution < 1.29 is 14.7 Å². The number of carbonyl (C=O) groups excluding carboxylic acids is 1. The second-order valence-electron chi connectivity index (χ2n) is 8.09. The highest BCUT2D eigenvalue weighted by Crippen LogP contribution is 2.42. The Hall–Kier alpha value is -1.97. The van der Waals surface area contributed by atoms with Crippen molar-refractivity contribution in [2.24, 2.45) is 5.41 Å². The van der Waals surface area contributed by atoms with Crippen molar-refractivity contribution >= 4 is 17.3 Å². The zero-order chi connectivity index (χ0) is 17.6. The van der Waals surface area contributed by atoms with Crippen LogP contribution in [0.25, 0.3) is 5.57 Å². The Morgan fingerprint density at radius 1 is 1.25 bits per heavy atom. The van der Waals surface area contributed by atoms with Crippen LogP contribution in [0.3, 0.4) is 0 Å².